The monoisotopic (exact) mass is 452 g/mol. The highest BCUT2D eigenvalue weighted by atomic mass is 28.4. The number of rotatable bonds is 15. The Morgan fingerprint density at radius 3 is 1.54 bits per heavy atom. The first-order valence-corrected chi connectivity index (χ1v) is 10.6. The fourth-order valence-electron chi connectivity index (χ4n) is 2.40. The van der Waals surface area contributed by atoms with Crippen LogP contribution in [0.3, 0.4) is 0 Å². The van der Waals surface area contributed by atoms with Gasteiger partial charge in [0.2, 0.25) is 6.17 Å². The smallest absolute Gasteiger partial charge is 0.374 e. The average molecular weight is 452 g/mol. The molecule has 0 aromatic carbocycles. The second-order valence-electron chi connectivity index (χ2n) is 5.77. The lowest BCUT2D eigenvalue weighted by Gasteiger charge is -2.33. The fraction of sp³-hybridized carbons (Fsp3) is 1.00. The second-order valence-corrected chi connectivity index (χ2v) is 8.50. The zero-order valence-electron chi connectivity index (χ0n) is 15.7. The van der Waals surface area contributed by atoms with Crippen molar-refractivity contribution in [1.82, 2.24) is 0 Å². The predicted molar refractivity (Wildman–Crippen MR) is 85.3 cm³/mol. The molecular formula is C15H25F9O3Si. The summed E-state index contributed by atoms with van der Waals surface area (Å²) < 4.78 is 134. The summed E-state index contributed by atoms with van der Waals surface area (Å²) in [4.78, 5) is 0. The Hall–Kier alpha value is -0.533. The van der Waals surface area contributed by atoms with Gasteiger partial charge in [0.25, 0.3) is 6.43 Å². The number of hydrogen-bond acceptors (Lipinski definition) is 3. The Morgan fingerprint density at radius 1 is 0.750 bits per heavy atom. The van der Waals surface area contributed by atoms with Crippen molar-refractivity contribution in [1.29, 1.82) is 0 Å². The summed E-state index contributed by atoms with van der Waals surface area (Å²) in [6.45, 7) is 5.20. The van der Waals surface area contributed by atoms with Crippen LogP contribution in [0.4, 0.5) is 39.5 Å². The van der Waals surface area contributed by atoms with E-state index < -0.39 is 58.4 Å². The molecule has 0 bridgehead atoms. The van der Waals surface area contributed by atoms with Crippen LogP contribution in [0, 0.1) is 0 Å². The van der Waals surface area contributed by atoms with E-state index in [4.69, 9.17) is 13.3 Å². The van der Waals surface area contributed by atoms with Crippen molar-refractivity contribution in [2.75, 3.05) is 19.8 Å². The number of alkyl halides is 9. The Morgan fingerprint density at radius 2 is 1.18 bits per heavy atom. The molecule has 0 fully saturated rings. The Bertz CT molecular complexity index is 426. The Kier molecular flexibility index (Phi) is 11.4. The minimum Gasteiger partial charge on any atom is -0.374 e. The fourth-order valence-corrected chi connectivity index (χ4v) is 5.04. The van der Waals surface area contributed by atoms with Crippen LogP contribution < -0.4 is 0 Å². The van der Waals surface area contributed by atoms with E-state index >= 15 is 0 Å². The largest absolute Gasteiger partial charge is 0.500 e. The summed E-state index contributed by atoms with van der Waals surface area (Å²) in [5, 5.41) is 0. The average Bonchev–Trinajstić information content (AvgIpc) is 2.60. The minimum atomic E-state index is -5.96. The molecule has 0 aromatic heterocycles. The Balaban J connectivity index is 5.13. The molecule has 0 amide bonds. The highest BCUT2D eigenvalue weighted by molar-refractivity contribution is 6.60. The van der Waals surface area contributed by atoms with E-state index in [0.29, 0.717) is 0 Å². The van der Waals surface area contributed by atoms with Crippen LogP contribution in [0.25, 0.3) is 0 Å². The van der Waals surface area contributed by atoms with Gasteiger partial charge in [-0.3, -0.25) is 0 Å². The van der Waals surface area contributed by atoms with Gasteiger partial charge >= 0.3 is 20.6 Å². The van der Waals surface area contributed by atoms with Gasteiger partial charge in [-0.2, -0.15) is 17.6 Å². The van der Waals surface area contributed by atoms with Gasteiger partial charge in [0.15, 0.2) is 12.3 Å². The first kappa shape index (κ1) is 27.5. The highest BCUT2D eigenvalue weighted by Crippen LogP contribution is 2.45. The van der Waals surface area contributed by atoms with Crippen LogP contribution in [0.2, 0.25) is 6.04 Å². The summed E-state index contributed by atoms with van der Waals surface area (Å²) in [7, 11) is -3.35. The molecule has 0 heterocycles. The molecule has 0 N–H and O–H groups in total. The van der Waals surface area contributed by atoms with Gasteiger partial charge < -0.3 is 13.3 Å². The molecule has 0 aliphatic rings. The predicted octanol–water partition coefficient (Wildman–Crippen LogP) is 5.37. The van der Waals surface area contributed by atoms with Crippen molar-refractivity contribution in [2.45, 2.75) is 76.4 Å². The van der Waals surface area contributed by atoms with Crippen molar-refractivity contribution < 1.29 is 52.8 Å². The molecule has 0 aliphatic carbocycles. The summed E-state index contributed by atoms with van der Waals surface area (Å²) in [5.41, 5.74) is 0. The summed E-state index contributed by atoms with van der Waals surface area (Å²) in [6, 6.07) is -0.188. The maximum atomic E-state index is 13.8. The molecule has 13 heteroatoms. The lowest BCUT2D eigenvalue weighted by molar-refractivity contribution is -0.277. The number of hydrogen-bond donors (Lipinski definition) is 0. The molecule has 0 saturated carbocycles. The molecule has 3 nitrogen and oxygen atoms in total. The zero-order valence-corrected chi connectivity index (χ0v) is 16.7. The standard InChI is InChI=1S/C15H25F9O3Si/c1-4-25-28(26-5-2,27-6-3)9-7-8-10(16)14(21,22)15(23,24)12(18)11(17)13(19)20/h10-13H,4-9H2,1-3H3. The van der Waals surface area contributed by atoms with Crippen molar-refractivity contribution in [3.05, 3.63) is 0 Å². The van der Waals surface area contributed by atoms with E-state index in [2.05, 4.69) is 0 Å². The molecular weight excluding hydrogens is 427 g/mol. The van der Waals surface area contributed by atoms with Gasteiger partial charge in [0.05, 0.1) is 0 Å². The molecule has 0 rings (SSSR count). The van der Waals surface area contributed by atoms with Gasteiger partial charge in [-0.15, -0.1) is 0 Å². The molecule has 28 heavy (non-hydrogen) atoms. The third-order valence-corrected chi connectivity index (χ3v) is 6.89. The molecule has 170 valence electrons. The van der Waals surface area contributed by atoms with E-state index in [1.165, 1.54) is 0 Å². The first-order chi connectivity index (χ1) is 12.8. The van der Waals surface area contributed by atoms with Crippen LogP contribution in [-0.2, 0) is 13.3 Å². The highest BCUT2D eigenvalue weighted by Gasteiger charge is 2.68. The summed E-state index contributed by atoms with van der Waals surface area (Å²) in [6.07, 6.45) is -18.3. The molecule has 0 aliphatic heterocycles. The lowest BCUT2D eigenvalue weighted by atomic mass is 9.97. The maximum absolute atomic E-state index is 13.8. The van der Waals surface area contributed by atoms with Crippen molar-refractivity contribution in [3.8, 4) is 0 Å². The lowest BCUT2D eigenvalue weighted by Crippen LogP contribution is -2.57. The van der Waals surface area contributed by atoms with E-state index in [-0.39, 0.29) is 25.9 Å². The van der Waals surface area contributed by atoms with Crippen molar-refractivity contribution in [3.63, 3.8) is 0 Å². The van der Waals surface area contributed by atoms with E-state index in [9.17, 15) is 39.5 Å². The van der Waals surface area contributed by atoms with Crippen LogP contribution in [-0.4, -0.2) is 65.4 Å². The summed E-state index contributed by atoms with van der Waals surface area (Å²) in [5.74, 6) is -11.7. The Labute approximate surface area is 158 Å². The van der Waals surface area contributed by atoms with Gasteiger partial charge in [0, 0.05) is 25.9 Å². The van der Waals surface area contributed by atoms with Gasteiger partial charge in [0.1, 0.15) is 0 Å². The normalized spacial score (nSPS) is 17.0. The van der Waals surface area contributed by atoms with Gasteiger partial charge in [-0.1, -0.05) is 0 Å². The van der Waals surface area contributed by atoms with Crippen molar-refractivity contribution in [2.24, 2.45) is 0 Å². The molecule has 3 atom stereocenters. The van der Waals surface area contributed by atoms with Crippen LogP contribution in [0.1, 0.15) is 33.6 Å². The molecule has 0 spiro atoms. The molecule has 0 aromatic rings. The molecule has 0 saturated heterocycles. The minimum absolute atomic E-state index is 0.133. The third-order valence-electron chi connectivity index (χ3n) is 3.74. The molecule has 3 unspecified atom stereocenters. The van der Waals surface area contributed by atoms with E-state index in [1.807, 2.05) is 0 Å². The maximum Gasteiger partial charge on any atom is 0.500 e. The topological polar surface area (TPSA) is 27.7 Å². The SMILES string of the molecule is CCO[Si](CCCC(F)C(F)(F)C(F)(F)C(F)C(F)C(F)F)(OCC)OCC. The number of halogens is 9. The van der Waals surface area contributed by atoms with E-state index in [0.717, 1.165) is 0 Å². The third kappa shape index (κ3) is 6.77. The first-order valence-electron chi connectivity index (χ1n) is 8.70. The van der Waals surface area contributed by atoms with Crippen LogP contribution in [0.15, 0.2) is 0 Å². The second kappa shape index (κ2) is 11.6. The van der Waals surface area contributed by atoms with Crippen molar-refractivity contribution >= 4 is 8.80 Å². The zero-order chi connectivity index (χ0) is 22.2. The van der Waals surface area contributed by atoms with E-state index in [1.54, 1.807) is 20.8 Å². The van der Waals surface area contributed by atoms with Crippen LogP contribution >= 0.6 is 0 Å². The quantitative estimate of drug-likeness (QED) is 0.247. The molecule has 0 radical (unpaired) electrons. The van der Waals surface area contributed by atoms with Crippen LogP contribution in [0.5, 0.6) is 0 Å². The van der Waals surface area contributed by atoms with Gasteiger partial charge in [-0.05, 0) is 33.6 Å². The van der Waals surface area contributed by atoms with Gasteiger partial charge in [-0.25, -0.2) is 22.0 Å². The summed E-state index contributed by atoms with van der Waals surface area (Å²) >= 11 is 0.